The van der Waals surface area contributed by atoms with E-state index >= 15 is 0 Å². The highest BCUT2D eigenvalue weighted by atomic mass is 16.6. The quantitative estimate of drug-likeness (QED) is 0.685. The SMILES string of the molecule is Cc1cccc(N2CCN(C(=O)CN3CCN(C(=O)[C@H]4COc5ccccc5O4)CC3)CC2)c1. The molecule has 3 aliphatic rings. The van der Waals surface area contributed by atoms with Gasteiger partial charge < -0.3 is 24.2 Å². The molecule has 8 nitrogen and oxygen atoms in total. The Kier molecular flexibility index (Phi) is 6.58. The third-order valence-electron chi connectivity index (χ3n) is 6.83. The van der Waals surface area contributed by atoms with Crippen molar-refractivity contribution < 1.29 is 19.1 Å². The lowest BCUT2D eigenvalue weighted by Gasteiger charge is -2.39. The van der Waals surface area contributed by atoms with E-state index in [1.807, 2.05) is 34.1 Å². The summed E-state index contributed by atoms with van der Waals surface area (Å²) in [6.45, 7) is 8.47. The maximum atomic E-state index is 12.9. The third-order valence-corrected chi connectivity index (χ3v) is 6.83. The molecule has 0 N–H and O–H groups in total. The van der Waals surface area contributed by atoms with Gasteiger partial charge in [0.1, 0.15) is 6.61 Å². The van der Waals surface area contributed by atoms with Crippen molar-refractivity contribution in [3.63, 3.8) is 0 Å². The van der Waals surface area contributed by atoms with E-state index < -0.39 is 6.10 Å². The highest BCUT2D eigenvalue weighted by Crippen LogP contribution is 2.31. The molecule has 180 valence electrons. The number of para-hydroxylation sites is 2. The van der Waals surface area contributed by atoms with Crippen molar-refractivity contribution in [3.8, 4) is 11.5 Å². The number of rotatable bonds is 4. The number of carbonyl (C=O) groups is 2. The normalized spacial score (nSPS) is 20.9. The first kappa shape index (κ1) is 22.5. The van der Waals surface area contributed by atoms with Crippen LogP contribution in [0.3, 0.4) is 0 Å². The number of nitrogens with zero attached hydrogens (tertiary/aromatic N) is 4. The molecule has 2 aromatic carbocycles. The Bertz CT molecular complexity index is 1030. The number of amides is 2. The average Bonchev–Trinajstić information content (AvgIpc) is 2.88. The molecule has 3 aliphatic heterocycles. The van der Waals surface area contributed by atoms with E-state index in [9.17, 15) is 9.59 Å². The topological polar surface area (TPSA) is 65.6 Å². The van der Waals surface area contributed by atoms with E-state index in [2.05, 4.69) is 41.0 Å². The molecule has 5 rings (SSSR count). The van der Waals surface area contributed by atoms with Crippen LogP contribution in [0.1, 0.15) is 5.56 Å². The Morgan fingerprint density at radius 1 is 0.853 bits per heavy atom. The number of anilines is 1. The Labute approximate surface area is 200 Å². The van der Waals surface area contributed by atoms with Crippen molar-refractivity contribution in [1.82, 2.24) is 14.7 Å². The molecule has 0 spiro atoms. The van der Waals surface area contributed by atoms with Gasteiger partial charge in [0.15, 0.2) is 11.5 Å². The van der Waals surface area contributed by atoms with Crippen LogP contribution in [-0.4, -0.2) is 98.1 Å². The number of hydrogen-bond acceptors (Lipinski definition) is 6. The molecular formula is C26H32N4O4. The molecule has 2 amide bonds. The highest BCUT2D eigenvalue weighted by Gasteiger charge is 2.33. The first-order valence-electron chi connectivity index (χ1n) is 12.1. The molecule has 2 fully saturated rings. The van der Waals surface area contributed by atoms with Crippen LogP contribution in [0.25, 0.3) is 0 Å². The molecule has 2 saturated heterocycles. The second-order valence-electron chi connectivity index (χ2n) is 9.17. The highest BCUT2D eigenvalue weighted by molar-refractivity contribution is 5.82. The first-order chi connectivity index (χ1) is 16.6. The molecule has 2 aromatic rings. The average molecular weight is 465 g/mol. The van der Waals surface area contributed by atoms with Gasteiger partial charge >= 0.3 is 0 Å². The third kappa shape index (κ3) is 4.97. The fraction of sp³-hybridized carbons (Fsp3) is 0.462. The lowest BCUT2D eigenvalue weighted by atomic mass is 10.2. The number of hydrogen-bond donors (Lipinski definition) is 0. The summed E-state index contributed by atoms with van der Waals surface area (Å²) in [5, 5.41) is 0. The summed E-state index contributed by atoms with van der Waals surface area (Å²) < 4.78 is 11.6. The molecule has 0 saturated carbocycles. The molecule has 0 bridgehead atoms. The molecule has 0 radical (unpaired) electrons. The van der Waals surface area contributed by atoms with Crippen LogP contribution < -0.4 is 14.4 Å². The Morgan fingerprint density at radius 2 is 1.56 bits per heavy atom. The van der Waals surface area contributed by atoms with Crippen molar-refractivity contribution in [2.24, 2.45) is 0 Å². The zero-order chi connectivity index (χ0) is 23.5. The summed E-state index contributed by atoms with van der Waals surface area (Å²) in [5.41, 5.74) is 2.48. The van der Waals surface area contributed by atoms with Crippen molar-refractivity contribution in [3.05, 3.63) is 54.1 Å². The number of piperazine rings is 2. The molecule has 8 heteroatoms. The van der Waals surface area contributed by atoms with Gasteiger partial charge in [0.25, 0.3) is 5.91 Å². The first-order valence-corrected chi connectivity index (χ1v) is 12.1. The molecule has 0 aromatic heterocycles. The molecule has 34 heavy (non-hydrogen) atoms. The van der Waals surface area contributed by atoms with Gasteiger partial charge in [-0.05, 0) is 36.8 Å². The maximum Gasteiger partial charge on any atom is 0.267 e. The fourth-order valence-electron chi connectivity index (χ4n) is 4.80. The second kappa shape index (κ2) is 9.93. The van der Waals surface area contributed by atoms with Crippen LogP contribution in [-0.2, 0) is 9.59 Å². The number of benzene rings is 2. The number of ether oxygens (including phenoxy) is 2. The molecular weight excluding hydrogens is 432 g/mol. The van der Waals surface area contributed by atoms with E-state index in [1.165, 1.54) is 11.3 Å². The van der Waals surface area contributed by atoms with Crippen molar-refractivity contribution >= 4 is 17.5 Å². The van der Waals surface area contributed by atoms with Crippen LogP contribution in [0.15, 0.2) is 48.5 Å². The standard InChI is InChI=1S/C26H32N4O4/c1-20-5-4-6-21(17-20)28-13-15-29(16-14-28)25(31)18-27-9-11-30(12-10-27)26(32)24-19-33-22-7-2-3-8-23(22)34-24/h2-8,17,24H,9-16,18-19H2,1H3/t24-/m1/s1. The van der Waals surface area contributed by atoms with E-state index in [-0.39, 0.29) is 18.4 Å². The van der Waals surface area contributed by atoms with Gasteiger partial charge in [0, 0.05) is 58.0 Å². The zero-order valence-electron chi connectivity index (χ0n) is 19.7. The van der Waals surface area contributed by atoms with E-state index in [0.717, 1.165) is 26.2 Å². The Balaban J connectivity index is 1.06. The van der Waals surface area contributed by atoms with Gasteiger partial charge in [-0.25, -0.2) is 0 Å². The minimum atomic E-state index is -0.618. The van der Waals surface area contributed by atoms with Crippen molar-refractivity contribution in [2.45, 2.75) is 13.0 Å². The van der Waals surface area contributed by atoms with E-state index in [1.54, 1.807) is 0 Å². The number of aryl methyl sites for hydroxylation is 1. The monoisotopic (exact) mass is 464 g/mol. The lowest BCUT2D eigenvalue weighted by molar-refractivity contribution is -0.143. The van der Waals surface area contributed by atoms with Gasteiger partial charge in [0.2, 0.25) is 12.0 Å². The minimum Gasteiger partial charge on any atom is -0.485 e. The molecule has 0 aliphatic carbocycles. The summed E-state index contributed by atoms with van der Waals surface area (Å²) in [6.07, 6.45) is -0.618. The molecule has 3 heterocycles. The van der Waals surface area contributed by atoms with Crippen LogP contribution in [0.4, 0.5) is 5.69 Å². The van der Waals surface area contributed by atoms with E-state index in [4.69, 9.17) is 9.47 Å². The van der Waals surface area contributed by atoms with Crippen molar-refractivity contribution in [2.75, 3.05) is 70.4 Å². The zero-order valence-corrected chi connectivity index (χ0v) is 19.7. The van der Waals surface area contributed by atoms with Gasteiger partial charge in [-0.15, -0.1) is 0 Å². The lowest BCUT2D eigenvalue weighted by Crippen LogP contribution is -2.56. The van der Waals surface area contributed by atoms with E-state index in [0.29, 0.717) is 44.2 Å². The second-order valence-corrected chi connectivity index (χ2v) is 9.17. The summed E-state index contributed by atoms with van der Waals surface area (Å²) in [4.78, 5) is 34.1. The molecule has 1 atom stereocenters. The maximum absolute atomic E-state index is 12.9. The van der Waals surface area contributed by atoms with Crippen LogP contribution in [0, 0.1) is 6.92 Å². The summed E-state index contributed by atoms with van der Waals surface area (Å²) in [5.74, 6) is 1.41. The van der Waals surface area contributed by atoms with Gasteiger partial charge in [-0.1, -0.05) is 24.3 Å². The largest absolute Gasteiger partial charge is 0.485 e. The van der Waals surface area contributed by atoms with Gasteiger partial charge in [-0.3, -0.25) is 14.5 Å². The van der Waals surface area contributed by atoms with Crippen molar-refractivity contribution in [1.29, 1.82) is 0 Å². The van der Waals surface area contributed by atoms with Crippen LogP contribution >= 0.6 is 0 Å². The predicted molar refractivity (Wildman–Crippen MR) is 129 cm³/mol. The summed E-state index contributed by atoms with van der Waals surface area (Å²) in [6, 6.07) is 15.9. The molecule has 0 unspecified atom stereocenters. The Morgan fingerprint density at radius 3 is 2.29 bits per heavy atom. The van der Waals surface area contributed by atoms with Gasteiger partial charge in [0.05, 0.1) is 6.54 Å². The number of carbonyl (C=O) groups excluding carboxylic acids is 2. The van der Waals surface area contributed by atoms with Crippen LogP contribution in [0.2, 0.25) is 0 Å². The number of fused-ring (bicyclic) bond motifs is 1. The summed E-state index contributed by atoms with van der Waals surface area (Å²) >= 11 is 0. The van der Waals surface area contributed by atoms with Crippen LogP contribution in [0.5, 0.6) is 11.5 Å². The Hall–Kier alpha value is -3.26. The minimum absolute atomic E-state index is 0.0484. The summed E-state index contributed by atoms with van der Waals surface area (Å²) in [7, 11) is 0. The predicted octanol–water partition coefficient (Wildman–Crippen LogP) is 1.63. The fourth-order valence-corrected chi connectivity index (χ4v) is 4.80. The smallest absolute Gasteiger partial charge is 0.267 e. The van der Waals surface area contributed by atoms with Gasteiger partial charge in [-0.2, -0.15) is 0 Å².